The molecule has 0 radical (unpaired) electrons. The molecule has 0 unspecified atom stereocenters. The van der Waals surface area contributed by atoms with E-state index in [4.69, 9.17) is 0 Å². The molecular weight excluding hydrogens is 314 g/mol. The topological polar surface area (TPSA) is 61.4 Å². The first-order valence-electron chi connectivity index (χ1n) is 8.67. The molecule has 2 aromatic carbocycles. The van der Waals surface area contributed by atoms with Gasteiger partial charge in [0, 0.05) is 25.2 Å². The number of nitrogens with one attached hydrogen (secondary N) is 2. The number of anilines is 1. The summed E-state index contributed by atoms with van der Waals surface area (Å²) in [6.45, 7) is 4.40. The van der Waals surface area contributed by atoms with Crippen molar-refractivity contribution in [3.63, 3.8) is 0 Å². The van der Waals surface area contributed by atoms with Crippen molar-refractivity contribution in [1.82, 2.24) is 10.6 Å². The number of urea groups is 1. The first kappa shape index (κ1) is 15.8. The van der Waals surface area contributed by atoms with Crippen molar-refractivity contribution in [2.24, 2.45) is 0 Å². The molecule has 2 aromatic rings. The van der Waals surface area contributed by atoms with Gasteiger partial charge in [0.2, 0.25) is 5.91 Å². The number of fused-ring (bicyclic) bond motifs is 1. The van der Waals surface area contributed by atoms with Crippen LogP contribution in [0.3, 0.4) is 0 Å². The number of carbonyl (C=O) groups is 2. The minimum absolute atomic E-state index is 0.209. The van der Waals surface area contributed by atoms with Gasteiger partial charge in [-0.2, -0.15) is 0 Å². The fourth-order valence-corrected chi connectivity index (χ4v) is 3.59. The summed E-state index contributed by atoms with van der Waals surface area (Å²) in [5, 5.41) is 5.77. The number of imide groups is 1. The highest BCUT2D eigenvalue weighted by atomic mass is 16.2. The lowest BCUT2D eigenvalue weighted by molar-refractivity contribution is -0.120. The van der Waals surface area contributed by atoms with Crippen molar-refractivity contribution in [3.05, 3.63) is 53.1 Å². The standard InChI is InChI=1S/C20H21N3O2/c1-13-10-14(15-2-3-17-12-21-8-6-16(17)11-15)4-5-18(13)23-9-7-19(24)22-20(23)25/h2-5,10-11,21H,6-9,12H2,1H3,(H,22,24,25). The van der Waals surface area contributed by atoms with Crippen LogP contribution in [0.15, 0.2) is 36.4 Å². The number of benzene rings is 2. The second-order valence-corrected chi connectivity index (χ2v) is 6.67. The van der Waals surface area contributed by atoms with Crippen LogP contribution in [-0.2, 0) is 17.8 Å². The Bertz CT molecular complexity index is 860. The highest BCUT2D eigenvalue weighted by molar-refractivity contribution is 6.06. The maximum absolute atomic E-state index is 12.1. The Morgan fingerprint density at radius 3 is 2.56 bits per heavy atom. The highest BCUT2D eigenvalue weighted by Gasteiger charge is 2.25. The van der Waals surface area contributed by atoms with Crippen molar-refractivity contribution < 1.29 is 9.59 Å². The van der Waals surface area contributed by atoms with Crippen LogP contribution in [-0.4, -0.2) is 25.0 Å². The summed E-state index contributed by atoms with van der Waals surface area (Å²) in [5.74, 6) is -0.209. The molecule has 2 N–H and O–H groups in total. The molecule has 4 rings (SSSR count). The molecule has 2 heterocycles. The molecule has 0 bridgehead atoms. The van der Waals surface area contributed by atoms with Crippen LogP contribution in [0.25, 0.3) is 11.1 Å². The van der Waals surface area contributed by atoms with Crippen LogP contribution in [0.5, 0.6) is 0 Å². The van der Waals surface area contributed by atoms with Gasteiger partial charge in [0.25, 0.3) is 0 Å². The highest BCUT2D eigenvalue weighted by Crippen LogP contribution is 2.30. The lowest BCUT2D eigenvalue weighted by atomic mass is 9.94. The van der Waals surface area contributed by atoms with E-state index < -0.39 is 0 Å². The van der Waals surface area contributed by atoms with E-state index in [9.17, 15) is 9.59 Å². The van der Waals surface area contributed by atoms with Gasteiger partial charge < -0.3 is 5.32 Å². The second-order valence-electron chi connectivity index (χ2n) is 6.67. The molecule has 0 atom stereocenters. The van der Waals surface area contributed by atoms with Gasteiger partial charge in [0.15, 0.2) is 0 Å². The van der Waals surface area contributed by atoms with E-state index in [-0.39, 0.29) is 11.9 Å². The quantitative estimate of drug-likeness (QED) is 0.887. The van der Waals surface area contributed by atoms with Gasteiger partial charge in [-0.25, -0.2) is 4.79 Å². The summed E-state index contributed by atoms with van der Waals surface area (Å²) in [5.41, 5.74) is 7.02. The molecule has 128 valence electrons. The van der Waals surface area contributed by atoms with E-state index in [0.29, 0.717) is 13.0 Å². The van der Waals surface area contributed by atoms with E-state index in [2.05, 4.69) is 41.0 Å². The largest absolute Gasteiger partial charge is 0.328 e. The van der Waals surface area contributed by atoms with Crippen LogP contribution in [0.4, 0.5) is 10.5 Å². The van der Waals surface area contributed by atoms with E-state index in [1.54, 1.807) is 4.90 Å². The van der Waals surface area contributed by atoms with E-state index >= 15 is 0 Å². The summed E-state index contributed by atoms with van der Waals surface area (Å²) >= 11 is 0. The van der Waals surface area contributed by atoms with Crippen molar-refractivity contribution in [2.75, 3.05) is 18.0 Å². The Kier molecular flexibility index (Phi) is 4.01. The summed E-state index contributed by atoms with van der Waals surface area (Å²) in [7, 11) is 0. The summed E-state index contributed by atoms with van der Waals surface area (Å²) in [6, 6.07) is 12.4. The first-order chi connectivity index (χ1) is 12.1. The molecular formula is C20H21N3O2. The number of amides is 3. The van der Waals surface area contributed by atoms with Gasteiger partial charge in [-0.15, -0.1) is 0 Å². The van der Waals surface area contributed by atoms with E-state index in [1.165, 1.54) is 16.7 Å². The van der Waals surface area contributed by atoms with Gasteiger partial charge in [-0.05, 0) is 59.8 Å². The third-order valence-electron chi connectivity index (χ3n) is 4.97. The fraction of sp³-hybridized carbons (Fsp3) is 0.300. The van der Waals surface area contributed by atoms with Crippen LogP contribution < -0.4 is 15.5 Å². The number of nitrogens with zero attached hydrogens (tertiary/aromatic N) is 1. The minimum Gasteiger partial charge on any atom is -0.312 e. The van der Waals surface area contributed by atoms with Crippen molar-refractivity contribution in [3.8, 4) is 11.1 Å². The van der Waals surface area contributed by atoms with Crippen LogP contribution in [0, 0.1) is 6.92 Å². The zero-order chi connectivity index (χ0) is 17.4. The van der Waals surface area contributed by atoms with Gasteiger partial charge in [0.05, 0.1) is 0 Å². The summed E-state index contributed by atoms with van der Waals surface area (Å²) in [6.07, 6.45) is 1.40. The Morgan fingerprint density at radius 1 is 0.960 bits per heavy atom. The predicted molar refractivity (Wildman–Crippen MR) is 97.5 cm³/mol. The van der Waals surface area contributed by atoms with Crippen molar-refractivity contribution in [1.29, 1.82) is 0 Å². The molecule has 3 amide bonds. The Balaban J connectivity index is 1.64. The van der Waals surface area contributed by atoms with Gasteiger partial charge >= 0.3 is 6.03 Å². The molecule has 0 aliphatic carbocycles. The van der Waals surface area contributed by atoms with Gasteiger partial charge in [-0.3, -0.25) is 15.0 Å². The molecule has 0 aromatic heterocycles. The third-order valence-corrected chi connectivity index (χ3v) is 4.97. The van der Waals surface area contributed by atoms with Gasteiger partial charge in [0.1, 0.15) is 0 Å². The summed E-state index contributed by atoms with van der Waals surface area (Å²) < 4.78 is 0. The lowest BCUT2D eigenvalue weighted by Gasteiger charge is -2.28. The average Bonchev–Trinajstić information content (AvgIpc) is 2.62. The SMILES string of the molecule is Cc1cc(-c2ccc3c(c2)CCNC3)ccc1N1CCC(=O)NC1=O. The molecule has 2 aliphatic rings. The third kappa shape index (κ3) is 3.03. The minimum atomic E-state index is -0.339. The van der Waals surface area contributed by atoms with Crippen LogP contribution in [0.2, 0.25) is 0 Å². The second kappa shape index (κ2) is 6.33. The number of rotatable bonds is 2. The normalized spacial score (nSPS) is 17.2. The van der Waals surface area contributed by atoms with Crippen LogP contribution >= 0.6 is 0 Å². The molecule has 2 aliphatic heterocycles. The zero-order valence-electron chi connectivity index (χ0n) is 14.3. The Hall–Kier alpha value is -2.66. The molecule has 25 heavy (non-hydrogen) atoms. The lowest BCUT2D eigenvalue weighted by Crippen LogP contribution is -2.49. The number of aryl methyl sites for hydroxylation is 1. The smallest absolute Gasteiger partial charge is 0.312 e. The van der Waals surface area contributed by atoms with E-state index in [0.717, 1.165) is 36.3 Å². The van der Waals surface area contributed by atoms with Crippen LogP contribution in [0.1, 0.15) is 23.1 Å². The molecule has 5 heteroatoms. The zero-order valence-corrected chi connectivity index (χ0v) is 14.3. The molecule has 5 nitrogen and oxygen atoms in total. The maximum Gasteiger partial charge on any atom is 0.328 e. The number of carbonyl (C=O) groups excluding carboxylic acids is 2. The number of hydrogen-bond acceptors (Lipinski definition) is 3. The maximum atomic E-state index is 12.1. The predicted octanol–water partition coefficient (Wildman–Crippen LogP) is 2.75. The summed E-state index contributed by atoms with van der Waals surface area (Å²) in [4.78, 5) is 25.0. The average molecular weight is 335 g/mol. The molecule has 1 fully saturated rings. The van der Waals surface area contributed by atoms with Crippen molar-refractivity contribution >= 4 is 17.6 Å². The molecule has 0 saturated carbocycles. The Morgan fingerprint density at radius 2 is 1.76 bits per heavy atom. The molecule has 0 spiro atoms. The van der Waals surface area contributed by atoms with Gasteiger partial charge in [-0.1, -0.05) is 24.3 Å². The van der Waals surface area contributed by atoms with E-state index in [1.807, 2.05) is 13.0 Å². The Labute approximate surface area is 147 Å². The van der Waals surface area contributed by atoms with Crippen molar-refractivity contribution in [2.45, 2.75) is 26.3 Å². The fourth-order valence-electron chi connectivity index (χ4n) is 3.59. The molecule has 1 saturated heterocycles. The number of hydrogen-bond donors (Lipinski definition) is 2. The first-order valence-corrected chi connectivity index (χ1v) is 8.67. The monoisotopic (exact) mass is 335 g/mol.